The minimum atomic E-state index is -0.130. The van der Waals surface area contributed by atoms with Crippen molar-refractivity contribution >= 4 is 55.3 Å². The Balaban J connectivity index is 1.84. The van der Waals surface area contributed by atoms with Crippen LogP contribution in [-0.2, 0) is 11.2 Å². The Bertz CT molecular complexity index is 593. The lowest BCUT2D eigenvalue weighted by atomic mass is 10.1. The van der Waals surface area contributed by atoms with Crippen LogP contribution in [0.4, 0.5) is 0 Å². The largest absolute Gasteiger partial charge is 0.273 e. The number of rotatable bonds is 4. The number of amides is 1. The van der Waals surface area contributed by atoms with Crippen LogP contribution in [0.2, 0.25) is 0 Å². The number of nitrogens with one attached hydrogen (secondary N) is 1. The van der Waals surface area contributed by atoms with Gasteiger partial charge in [-0.15, -0.1) is 11.3 Å². The van der Waals surface area contributed by atoms with Gasteiger partial charge in [0.2, 0.25) is 5.91 Å². The van der Waals surface area contributed by atoms with Crippen LogP contribution in [0.15, 0.2) is 49.8 Å². The maximum Gasteiger partial charge on any atom is 0.244 e. The number of halogens is 2. The molecular weight excluding hydrogens is 392 g/mol. The normalized spacial score (nSPS) is 10.8. The summed E-state index contributed by atoms with van der Waals surface area (Å²) in [5.41, 5.74) is 3.47. The van der Waals surface area contributed by atoms with Gasteiger partial charge in [-0.3, -0.25) is 4.79 Å². The van der Waals surface area contributed by atoms with E-state index in [1.165, 1.54) is 0 Å². The molecule has 2 aromatic rings. The molecule has 0 spiro atoms. The number of benzene rings is 1. The molecule has 6 heteroatoms. The van der Waals surface area contributed by atoms with Gasteiger partial charge in [-0.05, 0) is 45.8 Å². The van der Waals surface area contributed by atoms with Crippen LogP contribution in [0.1, 0.15) is 10.4 Å². The molecule has 0 saturated carbocycles. The standard InChI is InChI=1S/C13H10Br2N2OS/c14-10-3-1-9(2-4-10)7-13(18)17-16-8-11-5-6-12(15)19-11/h1-6,8H,7H2,(H,17,18)/b16-8-. The third kappa shape index (κ3) is 4.89. The van der Waals surface area contributed by atoms with Crippen LogP contribution >= 0.6 is 43.2 Å². The highest BCUT2D eigenvalue weighted by atomic mass is 79.9. The summed E-state index contributed by atoms with van der Waals surface area (Å²) < 4.78 is 2.04. The topological polar surface area (TPSA) is 41.5 Å². The summed E-state index contributed by atoms with van der Waals surface area (Å²) in [5, 5.41) is 3.92. The second-order valence-electron chi connectivity index (χ2n) is 3.74. The number of nitrogens with zero attached hydrogens (tertiary/aromatic N) is 1. The summed E-state index contributed by atoms with van der Waals surface area (Å²) in [7, 11) is 0. The minimum Gasteiger partial charge on any atom is -0.273 e. The fourth-order valence-corrected chi connectivity index (χ4v) is 2.95. The first-order chi connectivity index (χ1) is 9.13. The van der Waals surface area contributed by atoms with Crippen molar-refractivity contribution < 1.29 is 4.79 Å². The molecule has 2 rings (SSSR count). The zero-order valence-electron chi connectivity index (χ0n) is 9.77. The van der Waals surface area contributed by atoms with Crippen LogP contribution in [0, 0.1) is 0 Å². The Morgan fingerprint density at radius 3 is 2.58 bits per heavy atom. The van der Waals surface area contributed by atoms with Gasteiger partial charge in [0.25, 0.3) is 0 Å². The lowest BCUT2D eigenvalue weighted by Crippen LogP contribution is -2.19. The van der Waals surface area contributed by atoms with Crippen molar-refractivity contribution in [3.8, 4) is 0 Å². The van der Waals surface area contributed by atoms with E-state index in [9.17, 15) is 4.79 Å². The van der Waals surface area contributed by atoms with Gasteiger partial charge >= 0.3 is 0 Å². The lowest BCUT2D eigenvalue weighted by molar-refractivity contribution is -0.120. The molecule has 1 aromatic heterocycles. The molecule has 98 valence electrons. The predicted molar refractivity (Wildman–Crippen MR) is 85.6 cm³/mol. The van der Waals surface area contributed by atoms with Gasteiger partial charge in [-0.25, -0.2) is 5.43 Å². The van der Waals surface area contributed by atoms with Crippen molar-refractivity contribution in [1.82, 2.24) is 5.43 Å². The molecule has 3 nitrogen and oxygen atoms in total. The van der Waals surface area contributed by atoms with Crippen molar-refractivity contribution in [2.24, 2.45) is 5.10 Å². The van der Waals surface area contributed by atoms with Crippen molar-refractivity contribution in [3.05, 3.63) is 55.1 Å². The Hall–Kier alpha value is -0.980. The molecule has 0 aliphatic heterocycles. The summed E-state index contributed by atoms with van der Waals surface area (Å²) in [6.07, 6.45) is 1.95. The molecule has 0 bridgehead atoms. The monoisotopic (exact) mass is 400 g/mol. The molecule has 1 heterocycles. The summed E-state index contributed by atoms with van der Waals surface area (Å²) >= 11 is 8.28. The number of hydrogen-bond donors (Lipinski definition) is 1. The highest BCUT2D eigenvalue weighted by Gasteiger charge is 2.01. The molecular formula is C13H10Br2N2OS. The lowest BCUT2D eigenvalue weighted by Gasteiger charge is -2.00. The van der Waals surface area contributed by atoms with Gasteiger partial charge in [0, 0.05) is 9.35 Å². The van der Waals surface area contributed by atoms with E-state index in [1.807, 2.05) is 36.4 Å². The SMILES string of the molecule is O=C(Cc1ccc(Br)cc1)N/N=C\c1ccc(Br)s1. The Labute approximate surface area is 132 Å². The van der Waals surface area contributed by atoms with Crippen LogP contribution in [0.3, 0.4) is 0 Å². The van der Waals surface area contributed by atoms with Crippen molar-refractivity contribution in [2.75, 3.05) is 0 Å². The van der Waals surface area contributed by atoms with E-state index in [0.29, 0.717) is 6.42 Å². The van der Waals surface area contributed by atoms with Gasteiger partial charge < -0.3 is 0 Å². The van der Waals surface area contributed by atoms with E-state index in [4.69, 9.17) is 0 Å². The molecule has 0 atom stereocenters. The molecule has 1 amide bonds. The second-order valence-corrected chi connectivity index (χ2v) is 7.15. The molecule has 0 unspecified atom stereocenters. The van der Waals surface area contributed by atoms with E-state index < -0.39 is 0 Å². The maximum absolute atomic E-state index is 11.7. The van der Waals surface area contributed by atoms with Gasteiger partial charge in [-0.2, -0.15) is 5.10 Å². The minimum absolute atomic E-state index is 0.130. The third-order valence-corrected chi connectivity index (χ3v) is 4.34. The number of hydrogen-bond acceptors (Lipinski definition) is 3. The first kappa shape index (κ1) is 14.4. The van der Waals surface area contributed by atoms with E-state index in [1.54, 1.807) is 17.6 Å². The Morgan fingerprint density at radius 1 is 1.21 bits per heavy atom. The summed E-state index contributed by atoms with van der Waals surface area (Å²) in [6.45, 7) is 0. The molecule has 19 heavy (non-hydrogen) atoms. The van der Waals surface area contributed by atoms with Crippen LogP contribution in [-0.4, -0.2) is 12.1 Å². The van der Waals surface area contributed by atoms with Gasteiger partial charge in [0.05, 0.1) is 16.4 Å². The smallest absolute Gasteiger partial charge is 0.244 e. The molecule has 0 aliphatic carbocycles. The molecule has 0 fully saturated rings. The molecule has 0 radical (unpaired) electrons. The summed E-state index contributed by atoms with van der Waals surface area (Å²) in [4.78, 5) is 12.6. The second kappa shape index (κ2) is 6.98. The van der Waals surface area contributed by atoms with Gasteiger partial charge in [-0.1, -0.05) is 28.1 Å². The number of hydrazone groups is 1. The average Bonchev–Trinajstić information content (AvgIpc) is 2.78. The van der Waals surface area contributed by atoms with E-state index >= 15 is 0 Å². The highest BCUT2D eigenvalue weighted by molar-refractivity contribution is 9.11. The van der Waals surface area contributed by atoms with Crippen LogP contribution in [0.5, 0.6) is 0 Å². The van der Waals surface area contributed by atoms with Crippen molar-refractivity contribution in [3.63, 3.8) is 0 Å². The van der Waals surface area contributed by atoms with Crippen molar-refractivity contribution in [1.29, 1.82) is 0 Å². The van der Waals surface area contributed by atoms with E-state index in [-0.39, 0.29) is 5.91 Å². The predicted octanol–water partition coefficient (Wildman–Crippen LogP) is 3.97. The third-order valence-electron chi connectivity index (χ3n) is 2.25. The average molecular weight is 402 g/mol. The van der Waals surface area contributed by atoms with E-state index in [0.717, 1.165) is 18.7 Å². The molecule has 0 aliphatic rings. The fraction of sp³-hybridized carbons (Fsp3) is 0.0769. The molecule has 0 saturated heterocycles. The summed E-state index contributed by atoms with van der Waals surface area (Å²) in [6, 6.07) is 11.5. The zero-order chi connectivity index (χ0) is 13.7. The van der Waals surface area contributed by atoms with E-state index in [2.05, 4.69) is 42.4 Å². The summed E-state index contributed by atoms with van der Waals surface area (Å²) in [5.74, 6) is -0.130. The quantitative estimate of drug-likeness (QED) is 0.611. The molecule has 1 N–H and O–H groups in total. The Kier molecular flexibility index (Phi) is 5.30. The van der Waals surface area contributed by atoms with Gasteiger partial charge in [0.1, 0.15) is 0 Å². The number of carbonyl (C=O) groups excluding carboxylic acids is 1. The zero-order valence-corrected chi connectivity index (χ0v) is 13.8. The Morgan fingerprint density at radius 2 is 1.95 bits per heavy atom. The first-order valence-corrected chi connectivity index (χ1v) is 7.85. The molecule has 1 aromatic carbocycles. The number of thiophene rings is 1. The van der Waals surface area contributed by atoms with Gasteiger partial charge in [0.15, 0.2) is 0 Å². The number of carbonyl (C=O) groups is 1. The first-order valence-electron chi connectivity index (χ1n) is 5.45. The van der Waals surface area contributed by atoms with Crippen LogP contribution < -0.4 is 5.43 Å². The van der Waals surface area contributed by atoms with Crippen molar-refractivity contribution in [2.45, 2.75) is 6.42 Å². The van der Waals surface area contributed by atoms with Crippen LogP contribution in [0.25, 0.3) is 0 Å². The highest BCUT2D eigenvalue weighted by Crippen LogP contribution is 2.20. The maximum atomic E-state index is 11.7. The fourth-order valence-electron chi connectivity index (χ4n) is 1.39.